The molecule has 0 aromatic carbocycles. The van der Waals surface area contributed by atoms with E-state index in [1.807, 2.05) is 20.8 Å². The highest BCUT2D eigenvalue weighted by Crippen LogP contribution is 2.23. The first kappa shape index (κ1) is 12.5. The van der Waals surface area contributed by atoms with Crippen LogP contribution < -0.4 is 11.1 Å². The van der Waals surface area contributed by atoms with Gasteiger partial charge in [-0.2, -0.15) is 0 Å². The fourth-order valence-electron chi connectivity index (χ4n) is 1.56. The number of rotatable bonds is 3. The van der Waals surface area contributed by atoms with E-state index >= 15 is 0 Å². The van der Waals surface area contributed by atoms with Gasteiger partial charge in [0, 0.05) is 13.2 Å². The molecule has 0 saturated heterocycles. The lowest BCUT2D eigenvalue weighted by Crippen LogP contribution is -2.55. The lowest BCUT2D eigenvalue weighted by Gasteiger charge is -2.36. The highest BCUT2D eigenvalue weighted by atomic mass is 16.5. The highest BCUT2D eigenvalue weighted by Gasteiger charge is 2.34. The van der Waals surface area contributed by atoms with Crippen LogP contribution in [0.4, 0.5) is 0 Å². The molecule has 0 aliphatic heterocycles. The van der Waals surface area contributed by atoms with Gasteiger partial charge in [-0.25, -0.2) is 0 Å². The number of amides is 1. The van der Waals surface area contributed by atoms with E-state index in [1.54, 1.807) is 7.11 Å². The van der Waals surface area contributed by atoms with Crippen molar-refractivity contribution in [3.8, 4) is 0 Å². The number of ether oxygens (including phenoxy) is 1. The molecule has 0 spiro atoms. The Morgan fingerprint density at radius 3 is 2.40 bits per heavy atom. The zero-order valence-electron chi connectivity index (χ0n) is 10.0. The highest BCUT2D eigenvalue weighted by molar-refractivity contribution is 5.82. The van der Waals surface area contributed by atoms with Crippen molar-refractivity contribution in [1.82, 2.24) is 5.32 Å². The summed E-state index contributed by atoms with van der Waals surface area (Å²) < 4.78 is 5.14. The second kappa shape index (κ2) is 4.49. The van der Waals surface area contributed by atoms with Gasteiger partial charge >= 0.3 is 0 Å². The smallest absolute Gasteiger partial charge is 0.237 e. The van der Waals surface area contributed by atoms with Crippen LogP contribution in [-0.4, -0.2) is 31.2 Å². The van der Waals surface area contributed by atoms with Crippen molar-refractivity contribution in [2.24, 2.45) is 11.1 Å². The molecule has 1 fully saturated rings. The van der Waals surface area contributed by atoms with Crippen LogP contribution in [0, 0.1) is 5.41 Å². The Balaban J connectivity index is 2.31. The molecule has 1 rings (SSSR count). The van der Waals surface area contributed by atoms with Crippen LogP contribution in [0.1, 0.15) is 33.6 Å². The molecule has 4 heteroatoms. The molecule has 1 atom stereocenters. The van der Waals surface area contributed by atoms with Crippen LogP contribution in [0.2, 0.25) is 0 Å². The summed E-state index contributed by atoms with van der Waals surface area (Å²) in [6.45, 7) is 5.90. The topological polar surface area (TPSA) is 64.3 Å². The molecule has 1 aliphatic rings. The average Bonchev–Trinajstić information content (AvgIpc) is 2.07. The molecule has 0 unspecified atom stereocenters. The maximum Gasteiger partial charge on any atom is 0.237 e. The standard InChI is InChI=1S/C11H22N2O2/c1-11(2,3)9(12)10(14)13-7-5-8(6-7)15-4/h7-9H,5-6,12H2,1-4H3,(H,13,14)/t7?,8?,9-/m0/s1. The van der Waals surface area contributed by atoms with Crippen LogP contribution in [0.3, 0.4) is 0 Å². The molecule has 0 radical (unpaired) electrons. The predicted molar refractivity (Wildman–Crippen MR) is 59.4 cm³/mol. The lowest BCUT2D eigenvalue weighted by atomic mass is 9.85. The monoisotopic (exact) mass is 214 g/mol. The molecular formula is C11H22N2O2. The SMILES string of the molecule is COC1CC(NC(=O)[C@H](N)C(C)(C)C)C1. The summed E-state index contributed by atoms with van der Waals surface area (Å²) >= 11 is 0. The lowest BCUT2D eigenvalue weighted by molar-refractivity contribution is -0.126. The third-order valence-corrected chi connectivity index (χ3v) is 2.99. The Hall–Kier alpha value is -0.610. The first-order chi connectivity index (χ1) is 6.84. The van der Waals surface area contributed by atoms with Crippen LogP contribution in [0.5, 0.6) is 0 Å². The Morgan fingerprint density at radius 1 is 1.47 bits per heavy atom. The van der Waals surface area contributed by atoms with Gasteiger partial charge in [0.2, 0.25) is 5.91 Å². The number of hydrogen-bond donors (Lipinski definition) is 2. The number of nitrogens with two attached hydrogens (primary N) is 1. The molecule has 0 aromatic rings. The van der Waals surface area contributed by atoms with Crippen molar-refractivity contribution < 1.29 is 9.53 Å². The van der Waals surface area contributed by atoms with Gasteiger partial charge in [-0.1, -0.05) is 20.8 Å². The summed E-state index contributed by atoms with van der Waals surface area (Å²) in [7, 11) is 1.70. The van der Waals surface area contributed by atoms with E-state index in [4.69, 9.17) is 10.5 Å². The fourth-order valence-corrected chi connectivity index (χ4v) is 1.56. The Bertz CT molecular complexity index is 229. The minimum absolute atomic E-state index is 0.0537. The van der Waals surface area contributed by atoms with Crippen molar-refractivity contribution in [1.29, 1.82) is 0 Å². The molecule has 4 nitrogen and oxygen atoms in total. The average molecular weight is 214 g/mol. The molecule has 88 valence electrons. The van der Waals surface area contributed by atoms with Crippen molar-refractivity contribution in [2.75, 3.05) is 7.11 Å². The van der Waals surface area contributed by atoms with Gasteiger partial charge in [0.25, 0.3) is 0 Å². The van der Waals surface area contributed by atoms with E-state index in [-0.39, 0.29) is 17.4 Å². The van der Waals surface area contributed by atoms with Crippen molar-refractivity contribution in [2.45, 2.75) is 51.8 Å². The van der Waals surface area contributed by atoms with Gasteiger partial charge in [0.15, 0.2) is 0 Å². The number of carbonyl (C=O) groups excluding carboxylic acids is 1. The summed E-state index contributed by atoms with van der Waals surface area (Å²) in [5, 5.41) is 2.94. The summed E-state index contributed by atoms with van der Waals surface area (Å²) in [6, 6.07) is -0.199. The number of carbonyl (C=O) groups is 1. The van der Waals surface area contributed by atoms with Gasteiger partial charge in [0.1, 0.15) is 0 Å². The molecule has 1 amide bonds. The summed E-state index contributed by atoms with van der Waals surface area (Å²) in [6.07, 6.45) is 2.11. The normalized spacial score (nSPS) is 28.1. The van der Waals surface area contributed by atoms with Gasteiger partial charge in [0.05, 0.1) is 12.1 Å². The Morgan fingerprint density at radius 2 is 2.00 bits per heavy atom. The number of hydrogen-bond acceptors (Lipinski definition) is 3. The molecule has 1 aliphatic carbocycles. The molecular weight excluding hydrogens is 192 g/mol. The molecule has 1 saturated carbocycles. The first-order valence-corrected chi connectivity index (χ1v) is 5.43. The van der Waals surface area contributed by atoms with Gasteiger partial charge in [-0.05, 0) is 18.3 Å². The maximum absolute atomic E-state index is 11.7. The summed E-state index contributed by atoms with van der Waals surface area (Å²) in [5.41, 5.74) is 5.66. The minimum atomic E-state index is -0.445. The van der Waals surface area contributed by atoms with Crippen LogP contribution in [-0.2, 0) is 9.53 Å². The van der Waals surface area contributed by atoms with Crippen molar-refractivity contribution in [3.05, 3.63) is 0 Å². The third-order valence-electron chi connectivity index (χ3n) is 2.99. The van der Waals surface area contributed by atoms with E-state index in [9.17, 15) is 4.79 Å². The molecule has 3 N–H and O–H groups in total. The largest absolute Gasteiger partial charge is 0.381 e. The van der Waals surface area contributed by atoms with Crippen LogP contribution in [0.25, 0.3) is 0 Å². The van der Waals surface area contributed by atoms with Crippen LogP contribution in [0.15, 0.2) is 0 Å². The molecule has 15 heavy (non-hydrogen) atoms. The first-order valence-electron chi connectivity index (χ1n) is 5.43. The second-order valence-corrected chi connectivity index (χ2v) is 5.38. The summed E-state index contributed by atoms with van der Waals surface area (Å²) in [5.74, 6) is -0.0537. The van der Waals surface area contributed by atoms with Crippen LogP contribution >= 0.6 is 0 Å². The molecule has 0 aromatic heterocycles. The van der Waals surface area contributed by atoms with Gasteiger partial charge < -0.3 is 15.8 Å². The summed E-state index contributed by atoms with van der Waals surface area (Å²) in [4.78, 5) is 11.7. The zero-order chi connectivity index (χ0) is 11.6. The van der Waals surface area contributed by atoms with E-state index in [1.165, 1.54) is 0 Å². The predicted octanol–water partition coefficient (Wildman–Crippen LogP) is 0.653. The van der Waals surface area contributed by atoms with E-state index < -0.39 is 6.04 Å². The second-order valence-electron chi connectivity index (χ2n) is 5.38. The van der Waals surface area contributed by atoms with Gasteiger partial charge in [-0.3, -0.25) is 4.79 Å². The number of methoxy groups -OCH3 is 1. The van der Waals surface area contributed by atoms with E-state index in [0.717, 1.165) is 12.8 Å². The quantitative estimate of drug-likeness (QED) is 0.725. The van der Waals surface area contributed by atoms with E-state index in [2.05, 4.69) is 5.32 Å². The minimum Gasteiger partial charge on any atom is -0.381 e. The van der Waals surface area contributed by atoms with E-state index in [0.29, 0.717) is 6.10 Å². The fraction of sp³-hybridized carbons (Fsp3) is 0.909. The number of nitrogens with one attached hydrogen (secondary N) is 1. The van der Waals surface area contributed by atoms with Crippen molar-refractivity contribution >= 4 is 5.91 Å². The Kier molecular flexibility index (Phi) is 3.73. The Labute approximate surface area is 91.5 Å². The third kappa shape index (κ3) is 3.18. The molecule has 0 bridgehead atoms. The van der Waals surface area contributed by atoms with Crippen molar-refractivity contribution in [3.63, 3.8) is 0 Å². The van der Waals surface area contributed by atoms with Gasteiger partial charge in [-0.15, -0.1) is 0 Å². The molecule has 0 heterocycles. The zero-order valence-corrected chi connectivity index (χ0v) is 10.0. The maximum atomic E-state index is 11.7.